The van der Waals surface area contributed by atoms with Crippen LogP contribution < -0.4 is 4.74 Å². The molecule has 2 aromatic carbocycles. The molecule has 0 radical (unpaired) electrons. The first-order chi connectivity index (χ1) is 11.2. The molecule has 0 spiro atoms. The Morgan fingerprint density at radius 2 is 2.00 bits per heavy atom. The molecule has 116 valence electrons. The molecule has 5 heteroatoms. The maximum Gasteiger partial charge on any atom is 0.184 e. The summed E-state index contributed by atoms with van der Waals surface area (Å²) < 4.78 is 7.34. The molecular formula is C18H17N3O2. The number of benzene rings is 2. The molecule has 0 amide bonds. The zero-order valence-corrected chi connectivity index (χ0v) is 12.8. The Balaban J connectivity index is 1.66. The summed E-state index contributed by atoms with van der Waals surface area (Å²) in [6, 6.07) is 15.5. The third kappa shape index (κ3) is 3.83. The average Bonchev–Trinajstić information content (AvgIpc) is 3.07. The zero-order chi connectivity index (χ0) is 16.1. The summed E-state index contributed by atoms with van der Waals surface area (Å²) in [6.45, 7) is 2.63. The monoisotopic (exact) mass is 307 g/mol. The van der Waals surface area contributed by atoms with Crippen molar-refractivity contribution in [2.75, 3.05) is 0 Å². The van der Waals surface area contributed by atoms with Gasteiger partial charge in [-0.1, -0.05) is 30.3 Å². The van der Waals surface area contributed by atoms with E-state index in [9.17, 15) is 4.79 Å². The quantitative estimate of drug-likeness (QED) is 0.657. The number of aromatic nitrogens is 3. The van der Waals surface area contributed by atoms with Gasteiger partial charge < -0.3 is 4.74 Å². The standard InChI is InChI=1S/C18H17N3O2/c1-14-9-16(17(22)10-21-13-19-12-20-21)7-8-18(14)23-11-15-5-3-2-4-6-15/h2-9,12-13H,10-11H2,1H3. The van der Waals surface area contributed by atoms with Gasteiger partial charge in [0.25, 0.3) is 0 Å². The van der Waals surface area contributed by atoms with Crippen LogP contribution in [0.25, 0.3) is 0 Å². The van der Waals surface area contributed by atoms with Crippen molar-refractivity contribution in [2.45, 2.75) is 20.1 Å². The summed E-state index contributed by atoms with van der Waals surface area (Å²) in [5.74, 6) is 0.777. The molecule has 1 aromatic heterocycles. The summed E-state index contributed by atoms with van der Waals surface area (Å²) in [5, 5.41) is 3.94. The molecule has 0 aliphatic carbocycles. The first kappa shape index (κ1) is 15.0. The lowest BCUT2D eigenvalue weighted by Crippen LogP contribution is -2.11. The van der Waals surface area contributed by atoms with Crippen LogP contribution in [0.1, 0.15) is 21.5 Å². The average molecular weight is 307 g/mol. The van der Waals surface area contributed by atoms with Gasteiger partial charge in [0.2, 0.25) is 0 Å². The number of ether oxygens (including phenoxy) is 1. The number of carbonyl (C=O) groups excluding carboxylic acids is 1. The van der Waals surface area contributed by atoms with Gasteiger partial charge in [-0.3, -0.25) is 4.79 Å². The highest BCUT2D eigenvalue weighted by molar-refractivity contribution is 5.96. The van der Waals surface area contributed by atoms with Gasteiger partial charge in [0.15, 0.2) is 5.78 Å². The second kappa shape index (κ2) is 6.87. The number of ketones is 1. The fourth-order valence-electron chi connectivity index (χ4n) is 2.27. The van der Waals surface area contributed by atoms with Gasteiger partial charge in [-0.25, -0.2) is 9.67 Å². The Bertz CT molecular complexity index is 783. The topological polar surface area (TPSA) is 57.0 Å². The van der Waals surface area contributed by atoms with Crippen LogP contribution in [0.5, 0.6) is 5.75 Å². The first-order valence-corrected chi connectivity index (χ1v) is 7.35. The van der Waals surface area contributed by atoms with Crippen molar-refractivity contribution in [1.82, 2.24) is 14.8 Å². The number of rotatable bonds is 6. The molecule has 1 heterocycles. The van der Waals surface area contributed by atoms with Crippen LogP contribution in [0.4, 0.5) is 0 Å². The van der Waals surface area contributed by atoms with E-state index in [1.165, 1.54) is 17.3 Å². The number of hydrogen-bond donors (Lipinski definition) is 0. The number of nitrogens with zero attached hydrogens (tertiary/aromatic N) is 3. The van der Waals surface area contributed by atoms with Crippen molar-refractivity contribution < 1.29 is 9.53 Å². The minimum Gasteiger partial charge on any atom is -0.489 e. The Hall–Kier alpha value is -2.95. The van der Waals surface area contributed by atoms with Gasteiger partial charge in [-0.05, 0) is 36.2 Å². The van der Waals surface area contributed by atoms with Crippen molar-refractivity contribution in [3.63, 3.8) is 0 Å². The molecule has 0 bridgehead atoms. The maximum atomic E-state index is 12.2. The summed E-state index contributed by atoms with van der Waals surface area (Å²) in [7, 11) is 0. The molecule has 0 unspecified atom stereocenters. The lowest BCUT2D eigenvalue weighted by molar-refractivity contribution is 0.0967. The van der Waals surface area contributed by atoms with E-state index in [1.807, 2.05) is 49.4 Å². The molecular weight excluding hydrogens is 290 g/mol. The molecule has 0 aliphatic heterocycles. The lowest BCUT2D eigenvalue weighted by atomic mass is 10.1. The lowest BCUT2D eigenvalue weighted by Gasteiger charge is -2.10. The van der Waals surface area contributed by atoms with Gasteiger partial charge in [0, 0.05) is 5.56 Å². The molecule has 0 aliphatic rings. The summed E-state index contributed by atoms with van der Waals surface area (Å²) >= 11 is 0. The molecule has 0 N–H and O–H groups in total. The summed E-state index contributed by atoms with van der Waals surface area (Å²) in [4.78, 5) is 16.1. The van der Waals surface area contributed by atoms with E-state index in [2.05, 4.69) is 10.1 Å². The van der Waals surface area contributed by atoms with Crippen LogP contribution in [0.3, 0.4) is 0 Å². The Kier molecular flexibility index (Phi) is 4.47. The van der Waals surface area contributed by atoms with Crippen LogP contribution >= 0.6 is 0 Å². The number of Topliss-reactive ketones (excluding diaryl/α,β-unsaturated/α-hetero) is 1. The van der Waals surface area contributed by atoms with Crippen LogP contribution in [0, 0.1) is 6.92 Å². The highest BCUT2D eigenvalue weighted by atomic mass is 16.5. The Morgan fingerprint density at radius 1 is 1.17 bits per heavy atom. The van der Waals surface area contributed by atoms with E-state index in [1.54, 1.807) is 6.07 Å². The molecule has 0 saturated carbocycles. The van der Waals surface area contributed by atoms with Gasteiger partial charge in [-0.2, -0.15) is 5.10 Å². The number of aryl methyl sites for hydroxylation is 1. The Labute approximate surface area is 134 Å². The van der Waals surface area contributed by atoms with Crippen LogP contribution in [0.15, 0.2) is 61.2 Å². The van der Waals surface area contributed by atoms with Crippen molar-refractivity contribution in [2.24, 2.45) is 0 Å². The van der Waals surface area contributed by atoms with Crippen LogP contribution in [0.2, 0.25) is 0 Å². The summed E-state index contributed by atoms with van der Waals surface area (Å²) in [5.41, 5.74) is 2.69. The Morgan fingerprint density at radius 3 is 2.70 bits per heavy atom. The van der Waals surface area contributed by atoms with Crippen molar-refractivity contribution in [3.05, 3.63) is 77.9 Å². The van der Waals surface area contributed by atoms with E-state index < -0.39 is 0 Å². The number of carbonyl (C=O) groups is 1. The molecule has 3 rings (SSSR count). The molecule has 3 aromatic rings. The first-order valence-electron chi connectivity index (χ1n) is 7.35. The molecule has 0 fully saturated rings. The van der Waals surface area contributed by atoms with Crippen LogP contribution in [-0.4, -0.2) is 20.5 Å². The summed E-state index contributed by atoms with van der Waals surface area (Å²) in [6.07, 6.45) is 2.95. The van der Waals surface area contributed by atoms with Gasteiger partial charge in [0.1, 0.15) is 31.6 Å². The minimum absolute atomic E-state index is 0.00629. The maximum absolute atomic E-state index is 12.2. The van der Waals surface area contributed by atoms with E-state index in [0.29, 0.717) is 12.2 Å². The largest absolute Gasteiger partial charge is 0.489 e. The second-order valence-electron chi connectivity index (χ2n) is 5.27. The van der Waals surface area contributed by atoms with E-state index in [-0.39, 0.29) is 12.3 Å². The molecule has 23 heavy (non-hydrogen) atoms. The highest BCUT2D eigenvalue weighted by Gasteiger charge is 2.10. The highest BCUT2D eigenvalue weighted by Crippen LogP contribution is 2.21. The zero-order valence-electron chi connectivity index (χ0n) is 12.8. The molecule has 5 nitrogen and oxygen atoms in total. The van der Waals surface area contributed by atoms with Crippen LogP contribution in [-0.2, 0) is 13.2 Å². The molecule has 0 saturated heterocycles. The number of hydrogen-bond acceptors (Lipinski definition) is 4. The fraction of sp³-hybridized carbons (Fsp3) is 0.167. The van der Waals surface area contributed by atoms with Gasteiger partial charge in [0.05, 0.1) is 0 Å². The minimum atomic E-state index is -0.00629. The van der Waals surface area contributed by atoms with Crippen molar-refractivity contribution in [1.29, 1.82) is 0 Å². The third-order valence-corrected chi connectivity index (χ3v) is 3.51. The van der Waals surface area contributed by atoms with E-state index in [0.717, 1.165) is 16.9 Å². The third-order valence-electron chi connectivity index (χ3n) is 3.51. The fourth-order valence-corrected chi connectivity index (χ4v) is 2.27. The molecule has 0 atom stereocenters. The van der Waals surface area contributed by atoms with Crippen molar-refractivity contribution in [3.8, 4) is 5.75 Å². The van der Waals surface area contributed by atoms with E-state index >= 15 is 0 Å². The van der Waals surface area contributed by atoms with Gasteiger partial charge in [-0.15, -0.1) is 0 Å². The van der Waals surface area contributed by atoms with E-state index in [4.69, 9.17) is 4.74 Å². The smallest absolute Gasteiger partial charge is 0.184 e. The normalized spacial score (nSPS) is 10.5. The van der Waals surface area contributed by atoms with Gasteiger partial charge >= 0.3 is 0 Å². The predicted octanol–water partition coefficient (Wildman–Crippen LogP) is 3.05. The SMILES string of the molecule is Cc1cc(C(=O)Cn2cncn2)ccc1OCc1ccccc1. The second-order valence-corrected chi connectivity index (χ2v) is 5.27. The van der Waals surface area contributed by atoms with Crippen molar-refractivity contribution >= 4 is 5.78 Å². The predicted molar refractivity (Wildman–Crippen MR) is 86.3 cm³/mol.